The van der Waals surface area contributed by atoms with Crippen LogP contribution in [-0.2, 0) is 12.3 Å². The summed E-state index contributed by atoms with van der Waals surface area (Å²) in [6.45, 7) is 4.42. The summed E-state index contributed by atoms with van der Waals surface area (Å²) >= 11 is 13.8. The normalized spacial score (nSPS) is 10.7. The smallest absolute Gasteiger partial charge is 0.192 e. The van der Waals surface area contributed by atoms with Crippen molar-refractivity contribution in [3.63, 3.8) is 0 Å². The lowest BCUT2D eigenvalue weighted by atomic mass is 10.2. The first-order valence-electron chi connectivity index (χ1n) is 7.87. The van der Waals surface area contributed by atoms with Crippen LogP contribution in [0.1, 0.15) is 5.56 Å². The summed E-state index contributed by atoms with van der Waals surface area (Å²) < 4.78 is 7.45. The number of thioether (sulfide) groups is 1. The summed E-state index contributed by atoms with van der Waals surface area (Å²) in [5.74, 6) is 2.12. The highest BCUT2D eigenvalue weighted by atomic mass is 35.5. The first kappa shape index (κ1) is 18.8. The molecule has 7 heteroatoms. The number of halogens is 2. The second-order valence-electron chi connectivity index (χ2n) is 5.47. The molecule has 0 bridgehead atoms. The highest BCUT2D eigenvalue weighted by Gasteiger charge is 2.17. The molecule has 0 aliphatic carbocycles. The minimum atomic E-state index is 0.579. The highest BCUT2D eigenvalue weighted by Crippen LogP contribution is 2.34. The summed E-state index contributed by atoms with van der Waals surface area (Å²) in [5, 5.41) is 10.8. The second kappa shape index (κ2) is 8.62. The van der Waals surface area contributed by atoms with Gasteiger partial charge in [-0.25, -0.2) is 0 Å². The Morgan fingerprint density at radius 2 is 1.96 bits per heavy atom. The van der Waals surface area contributed by atoms with Gasteiger partial charge in [0.05, 0.1) is 12.7 Å². The Morgan fingerprint density at radius 1 is 1.15 bits per heavy atom. The molecule has 2 aromatic carbocycles. The van der Waals surface area contributed by atoms with Crippen LogP contribution in [-0.4, -0.2) is 21.9 Å². The number of nitrogens with zero attached hydrogens (tertiary/aromatic N) is 3. The number of aromatic nitrogens is 3. The van der Waals surface area contributed by atoms with Crippen molar-refractivity contribution in [2.24, 2.45) is 0 Å². The van der Waals surface area contributed by atoms with Crippen molar-refractivity contribution in [1.82, 2.24) is 14.8 Å². The van der Waals surface area contributed by atoms with Gasteiger partial charge in [-0.05, 0) is 35.9 Å². The molecule has 0 N–H and O–H groups in total. The Morgan fingerprint density at radius 3 is 2.69 bits per heavy atom. The summed E-state index contributed by atoms with van der Waals surface area (Å²) in [7, 11) is 1.62. The van der Waals surface area contributed by atoms with Gasteiger partial charge in [0.25, 0.3) is 0 Å². The van der Waals surface area contributed by atoms with Crippen LogP contribution in [0.4, 0.5) is 0 Å². The van der Waals surface area contributed by atoms with Crippen molar-refractivity contribution < 1.29 is 4.74 Å². The van der Waals surface area contributed by atoms with Crippen LogP contribution in [0.5, 0.6) is 5.75 Å². The van der Waals surface area contributed by atoms with E-state index in [1.165, 1.54) is 0 Å². The number of hydrogen-bond acceptors (Lipinski definition) is 4. The fraction of sp³-hybridized carbons (Fsp3) is 0.158. The lowest BCUT2D eigenvalue weighted by Crippen LogP contribution is -2.02. The third-order valence-electron chi connectivity index (χ3n) is 3.69. The summed E-state index contributed by atoms with van der Waals surface area (Å²) in [6.07, 6.45) is 1.81. The number of ether oxygens (including phenoxy) is 1. The molecule has 0 unspecified atom stereocenters. The quantitative estimate of drug-likeness (QED) is 0.371. The summed E-state index contributed by atoms with van der Waals surface area (Å²) in [6, 6.07) is 13.2. The summed E-state index contributed by atoms with van der Waals surface area (Å²) in [4.78, 5) is 0. The third-order valence-corrected chi connectivity index (χ3v) is 5.20. The van der Waals surface area contributed by atoms with Gasteiger partial charge in [0.2, 0.25) is 0 Å². The molecule has 134 valence electrons. The van der Waals surface area contributed by atoms with Gasteiger partial charge >= 0.3 is 0 Å². The summed E-state index contributed by atoms with van der Waals surface area (Å²) in [5.41, 5.74) is 1.92. The number of allylic oxidation sites excluding steroid dienone is 1. The van der Waals surface area contributed by atoms with Gasteiger partial charge in [-0.1, -0.05) is 53.2 Å². The maximum absolute atomic E-state index is 6.17. The Kier molecular flexibility index (Phi) is 6.25. The molecule has 3 aromatic rings. The Balaban J connectivity index is 1.94. The monoisotopic (exact) mass is 405 g/mol. The molecule has 1 aromatic heterocycles. The van der Waals surface area contributed by atoms with Crippen LogP contribution in [0.15, 0.2) is 60.3 Å². The number of methoxy groups -OCH3 is 1. The first-order valence-corrected chi connectivity index (χ1v) is 9.61. The average Bonchev–Trinajstić information content (AvgIpc) is 3.03. The zero-order valence-electron chi connectivity index (χ0n) is 14.2. The van der Waals surface area contributed by atoms with E-state index in [1.54, 1.807) is 24.9 Å². The second-order valence-corrected chi connectivity index (χ2v) is 7.28. The molecule has 0 spiro atoms. The fourth-order valence-corrected chi connectivity index (χ4v) is 3.79. The van der Waals surface area contributed by atoms with Gasteiger partial charge < -0.3 is 4.74 Å². The van der Waals surface area contributed by atoms with Crippen LogP contribution in [0, 0.1) is 0 Å². The van der Waals surface area contributed by atoms with E-state index in [-0.39, 0.29) is 0 Å². The van der Waals surface area contributed by atoms with Gasteiger partial charge in [-0.2, -0.15) is 0 Å². The van der Waals surface area contributed by atoms with Crippen molar-refractivity contribution in [1.29, 1.82) is 0 Å². The SMILES string of the molecule is C=CCn1c(SCc2cccc(Cl)c2)nnc1-c1cc(Cl)ccc1OC. The Bertz CT molecular complexity index is 927. The fourth-order valence-electron chi connectivity index (χ4n) is 2.52. The van der Waals surface area contributed by atoms with E-state index in [1.807, 2.05) is 47.0 Å². The van der Waals surface area contributed by atoms with Crippen molar-refractivity contribution in [2.45, 2.75) is 17.5 Å². The Labute approximate surface area is 166 Å². The van der Waals surface area contributed by atoms with Crippen LogP contribution >= 0.6 is 35.0 Å². The van der Waals surface area contributed by atoms with Crippen LogP contribution in [0.2, 0.25) is 10.0 Å². The molecular weight excluding hydrogens is 389 g/mol. The number of benzene rings is 2. The molecule has 26 heavy (non-hydrogen) atoms. The third kappa shape index (κ3) is 4.23. The van der Waals surface area contributed by atoms with E-state index in [0.717, 1.165) is 27.1 Å². The van der Waals surface area contributed by atoms with Crippen molar-refractivity contribution in [3.05, 3.63) is 70.7 Å². The molecule has 3 rings (SSSR count). The predicted octanol–water partition coefficient (Wildman–Crippen LogP) is 5.74. The lowest BCUT2D eigenvalue weighted by molar-refractivity contribution is 0.416. The van der Waals surface area contributed by atoms with Crippen molar-refractivity contribution >= 4 is 35.0 Å². The van der Waals surface area contributed by atoms with E-state index < -0.39 is 0 Å². The average molecular weight is 406 g/mol. The standard InChI is InChI=1S/C19H17Cl2N3OS/c1-3-9-24-18(16-11-15(21)7-8-17(16)25-2)22-23-19(24)26-12-13-5-4-6-14(20)10-13/h3-8,10-11H,1,9,12H2,2H3. The van der Waals surface area contributed by atoms with Crippen LogP contribution < -0.4 is 4.74 Å². The molecule has 0 amide bonds. The van der Waals surface area contributed by atoms with Crippen molar-refractivity contribution in [3.8, 4) is 17.1 Å². The van der Waals surface area contributed by atoms with E-state index in [9.17, 15) is 0 Å². The van der Waals surface area contributed by atoms with Crippen LogP contribution in [0.3, 0.4) is 0 Å². The predicted molar refractivity (Wildman–Crippen MR) is 108 cm³/mol. The molecule has 0 atom stereocenters. The number of rotatable bonds is 7. The number of hydrogen-bond donors (Lipinski definition) is 0. The molecule has 1 heterocycles. The van der Waals surface area contributed by atoms with Crippen molar-refractivity contribution in [2.75, 3.05) is 7.11 Å². The maximum atomic E-state index is 6.17. The zero-order chi connectivity index (χ0) is 18.5. The topological polar surface area (TPSA) is 39.9 Å². The molecule has 0 saturated heterocycles. The molecule has 0 fully saturated rings. The largest absolute Gasteiger partial charge is 0.496 e. The van der Waals surface area contributed by atoms with Gasteiger partial charge in [0.1, 0.15) is 5.75 Å². The van der Waals surface area contributed by atoms with E-state index in [0.29, 0.717) is 23.1 Å². The molecule has 4 nitrogen and oxygen atoms in total. The Hall–Kier alpha value is -1.95. The van der Waals surface area contributed by atoms with Gasteiger partial charge in [0, 0.05) is 22.3 Å². The minimum absolute atomic E-state index is 0.579. The van der Waals surface area contributed by atoms with Crippen LogP contribution in [0.25, 0.3) is 11.4 Å². The molecule has 0 aliphatic rings. The molecular formula is C19H17Cl2N3OS. The molecule has 0 radical (unpaired) electrons. The highest BCUT2D eigenvalue weighted by molar-refractivity contribution is 7.98. The van der Waals surface area contributed by atoms with E-state index in [2.05, 4.69) is 16.8 Å². The molecule has 0 aliphatic heterocycles. The first-order chi connectivity index (χ1) is 12.6. The van der Waals surface area contributed by atoms with Gasteiger partial charge in [0.15, 0.2) is 11.0 Å². The lowest BCUT2D eigenvalue weighted by Gasteiger charge is -2.11. The molecule has 0 saturated carbocycles. The van der Waals surface area contributed by atoms with Gasteiger partial charge in [-0.3, -0.25) is 4.57 Å². The zero-order valence-corrected chi connectivity index (χ0v) is 16.5. The minimum Gasteiger partial charge on any atom is -0.496 e. The van der Waals surface area contributed by atoms with E-state index >= 15 is 0 Å². The van der Waals surface area contributed by atoms with E-state index in [4.69, 9.17) is 27.9 Å². The van der Waals surface area contributed by atoms with Gasteiger partial charge in [-0.15, -0.1) is 16.8 Å². The maximum Gasteiger partial charge on any atom is 0.192 e.